The number of hydrogen-bond donors (Lipinski definition) is 9. The first-order valence-electron chi connectivity index (χ1n) is 8.57. The standard InChI is InChI=1S/C13H20NO16P3/c15-7-8(16)10(28-31(18,19)20)12(30-33(24,25)26)11(29-32(21,22)23)9(7)27-13(17)14-6-4-2-1-3-5-6/h1-5,7-12,15-16H,(H,14,17)(H2,18,19,20)(H2,21,22,23)(H2,24,25,26). The van der Waals surface area contributed by atoms with Gasteiger partial charge in [-0.2, -0.15) is 0 Å². The monoisotopic (exact) mass is 539 g/mol. The first kappa shape index (κ1) is 28.0. The van der Waals surface area contributed by atoms with E-state index in [0.29, 0.717) is 0 Å². The van der Waals surface area contributed by atoms with Gasteiger partial charge in [0.2, 0.25) is 0 Å². The lowest BCUT2D eigenvalue weighted by Gasteiger charge is -2.45. The number of nitrogens with one attached hydrogen (secondary N) is 1. The first-order valence-corrected chi connectivity index (χ1v) is 13.2. The van der Waals surface area contributed by atoms with E-state index in [1.165, 1.54) is 24.3 Å². The number of rotatable bonds is 8. The summed E-state index contributed by atoms with van der Waals surface area (Å²) in [6.07, 6.45) is -16.1. The van der Waals surface area contributed by atoms with Crippen LogP contribution in [0.4, 0.5) is 10.5 Å². The van der Waals surface area contributed by atoms with Gasteiger partial charge >= 0.3 is 29.6 Å². The van der Waals surface area contributed by atoms with Gasteiger partial charge in [0.05, 0.1) is 0 Å². The summed E-state index contributed by atoms with van der Waals surface area (Å²) >= 11 is 0. The van der Waals surface area contributed by atoms with Crippen LogP contribution in [0.3, 0.4) is 0 Å². The molecule has 0 saturated heterocycles. The second-order valence-corrected chi connectivity index (χ2v) is 10.1. The lowest BCUT2D eigenvalue weighted by atomic mass is 9.85. The molecule has 1 aromatic rings. The molecular weight excluding hydrogens is 519 g/mol. The maximum atomic E-state index is 12.2. The van der Waals surface area contributed by atoms with Gasteiger partial charge in [0.15, 0.2) is 6.10 Å². The van der Waals surface area contributed by atoms with Gasteiger partial charge in [-0.1, -0.05) is 18.2 Å². The van der Waals surface area contributed by atoms with Crippen LogP contribution in [0.1, 0.15) is 0 Å². The minimum Gasteiger partial charge on any atom is -0.440 e. The van der Waals surface area contributed by atoms with Crippen molar-refractivity contribution in [3.8, 4) is 0 Å². The molecule has 0 aliphatic heterocycles. The van der Waals surface area contributed by atoms with Crippen molar-refractivity contribution in [1.82, 2.24) is 0 Å². The molecule has 1 aliphatic rings. The third kappa shape index (κ3) is 8.79. The van der Waals surface area contributed by atoms with Crippen LogP contribution in [0.2, 0.25) is 0 Å². The van der Waals surface area contributed by atoms with Gasteiger partial charge in [0.1, 0.15) is 30.5 Å². The summed E-state index contributed by atoms with van der Waals surface area (Å²) in [5.74, 6) is 0. The lowest BCUT2D eigenvalue weighted by molar-refractivity contribution is -0.211. The topological polar surface area (TPSA) is 279 Å². The maximum Gasteiger partial charge on any atom is 0.470 e. The molecule has 9 N–H and O–H groups in total. The van der Waals surface area contributed by atoms with E-state index in [9.17, 15) is 38.5 Å². The zero-order chi connectivity index (χ0) is 25.2. The number of benzene rings is 1. The Morgan fingerprint density at radius 3 is 1.55 bits per heavy atom. The normalized spacial score (nSPS) is 28.8. The average molecular weight is 539 g/mol. The number of aliphatic hydroxyl groups is 2. The fourth-order valence-electron chi connectivity index (χ4n) is 2.92. The van der Waals surface area contributed by atoms with Gasteiger partial charge in [-0.25, -0.2) is 18.5 Å². The summed E-state index contributed by atoms with van der Waals surface area (Å²) in [7, 11) is -16.8. The summed E-state index contributed by atoms with van der Waals surface area (Å²) in [4.78, 5) is 67.0. The average Bonchev–Trinajstić information content (AvgIpc) is 2.63. The van der Waals surface area contributed by atoms with Gasteiger partial charge in [0, 0.05) is 5.69 Å². The number of carbonyl (C=O) groups is 1. The predicted octanol–water partition coefficient (Wildman–Crippen LogP) is -1.23. The van der Waals surface area contributed by atoms with Crippen molar-refractivity contribution in [2.75, 3.05) is 5.32 Å². The van der Waals surface area contributed by atoms with Gasteiger partial charge in [-0.05, 0) is 12.1 Å². The van der Waals surface area contributed by atoms with Crippen molar-refractivity contribution in [3.63, 3.8) is 0 Å². The fraction of sp³-hybridized carbons (Fsp3) is 0.462. The molecule has 33 heavy (non-hydrogen) atoms. The molecule has 17 nitrogen and oxygen atoms in total. The lowest BCUT2D eigenvalue weighted by Crippen LogP contribution is -2.66. The van der Waals surface area contributed by atoms with Crippen LogP contribution in [0.5, 0.6) is 0 Å². The Labute approximate surface area is 184 Å². The zero-order valence-electron chi connectivity index (χ0n) is 16.0. The number of amides is 1. The Morgan fingerprint density at radius 2 is 1.09 bits per heavy atom. The van der Waals surface area contributed by atoms with E-state index in [1.807, 2.05) is 0 Å². The SMILES string of the molecule is O=C(Nc1ccccc1)OC1C(O)C(O)C(OP(=O)(O)O)C(OP(=O)(O)O)C1OP(=O)(O)O. The molecule has 0 aromatic heterocycles. The molecular formula is C13H20NO16P3. The highest BCUT2D eigenvalue weighted by molar-refractivity contribution is 7.47. The Bertz CT molecular complexity index is 958. The highest BCUT2D eigenvalue weighted by atomic mass is 31.2. The number of carbonyl (C=O) groups excluding carboxylic acids is 1. The summed E-state index contributed by atoms with van der Waals surface area (Å²) in [5, 5.41) is 22.7. The number of phosphoric acid groups is 3. The molecule has 0 bridgehead atoms. The number of aliphatic hydroxyl groups excluding tert-OH is 2. The predicted molar refractivity (Wildman–Crippen MR) is 103 cm³/mol. The molecule has 1 saturated carbocycles. The summed E-state index contributed by atoms with van der Waals surface area (Å²) < 4.78 is 51.8. The van der Waals surface area contributed by atoms with Crippen LogP contribution in [0.15, 0.2) is 30.3 Å². The zero-order valence-corrected chi connectivity index (χ0v) is 18.7. The van der Waals surface area contributed by atoms with Crippen LogP contribution in [0.25, 0.3) is 0 Å². The summed E-state index contributed by atoms with van der Waals surface area (Å²) in [6.45, 7) is 0. The Hall–Kier alpha value is -1.26. The van der Waals surface area contributed by atoms with Gasteiger partial charge in [-0.3, -0.25) is 18.9 Å². The molecule has 0 heterocycles. The van der Waals surface area contributed by atoms with E-state index in [4.69, 9.17) is 24.3 Å². The maximum absolute atomic E-state index is 12.2. The fourth-order valence-corrected chi connectivity index (χ4v) is 4.59. The third-order valence-electron chi connectivity index (χ3n) is 4.03. The van der Waals surface area contributed by atoms with E-state index in [2.05, 4.69) is 18.9 Å². The van der Waals surface area contributed by atoms with Crippen molar-refractivity contribution in [2.45, 2.75) is 36.6 Å². The van der Waals surface area contributed by atoms with Crippen molar-refractivity contribution in [1.29, 1.82) is 0 Å². The Morgan fingerprint density at radius 1 is 0.697 bits per heavy atom. The molecule has 1 fully saturated rings. The number of hydrogen-bond acceptors (Lipinski definition) is 10. The third-order valence-corrected chi connectivity index (χ3v) is 5.59. The first-order chi connectivity index (χ1) is 15.0. The number of ether oxygens (including phenoxy) is 1. The number of para-hydroxylation sites is 1. The second-order valence-electron chi connectivity index (χ2n) is 6.52. The number of phosphoric ester groups is 3. The molecule has 20 heteroatoms. The van der Waals surface area contributed by atoms with Crippen molar-refractivity contribution < 1.29 is 76.4 Å². The molecule has 0 radical (unpaired) electrons. The largest absolute Gasteiger partial charge is 0.470 e. The van der Waals surface area contributed by atoms with Gasteiger partial charge < -0.3 is 44.3 Å². The number of anilines is 1. The molecule has 6 unspecified atom stereocenters. The summed E-state index contributed by atoms with van der Waals surface area (Å²) in [5.41, 5.74) is 0.159. The van der Waals surface area contributed by atoms with E-state index in [-0.39, 0.29) is 5.69 Å². The molecule has 2 rings (SSSR count). The van der Waals surface area contributed by atoms with E-state index in [1.54, 1.807) is 6.07 Å². The molecule has 188 valence electrons. The highest BCUT2D eigenvalue weighted by Crippen LogP contribution is 2.50. The van der Waals surface area contributed by atoms with Crippen LogP contribution >= 0.6 is 23.5 Å². The highest BCUT2D eigenvalue weighted by Gasteiger charge is 2.58. The van der Waals surface area contributed by atoms with E-state index >= 15 is 0 Å². The smallest absolute Gasteiger partial charge is 0.440 e. The van der Waals surface area contributed by atoms with Crippen LogP contribution < -0.4 is 5.32 Å². The quantitative estimate of drug-likeness (QED) is 0.175. The van der Waals surface area contributed by atoms with Gasteiger partial charge in [-0.15, -0.1) is 0 Å². The minimum absolute atomic E-state index is 0.159. The molecule has 6 atom stereocenters. The van der Waals surface area contributed by atoms with Gasteiger partial charge in [0.25, 0.3) is 0 Å². The molecule has 1 aliphatic carbocycles. The Balaban J connectivity index is 2.45. The van der Waals surface area contributed by atoms with Crippen LogP contribution in [-0.2, 0) is 32.0 Å². The Kier molecular flexibility index (Phi) is 8.95. The summed E-state index contributed by atoms with van der Waals surface area (Å²) in [6, 6.07) is 7.44. The molecule has 1 aromatic carbocycles. The molecule has 0 spiro atoms. The van der Waals surface area contributed by atoms with E-state index < -0.39 is 66.2 Å². The van der Waals surface area contributed by atoms with Crippen molar-refractivity contribution >= 4 is 35.2 Å². The van der Waals surface area contributed by atoms with Crippen LogP contribution in [0, 0.1) is 0 Å². The van der Waals surface area contributed by atoms with Crippen LogP contribution in [-0.4, -0.2) is 82.3 Å². The van der Waals surface area contributed by atoms with Crippen molar-refractivity contribution in [2.24, 2.45) is 0 Å². The second kappa shape index (κ2) is 10.6. The van der Waals surface area contributed by atoms with E-state index in [0.717, 1.165) is 0 Å². The minimum atomic E-state index is -5.62. The molecule has 1 amide bonds. The van der Waals surface area contributed by atoms with Crippen molar-refractivity contribution in [3.05, 3.63) is 30.3 Å².